The zero-order chi connectivity index (χ0) is 9.38. The predicted octanol–water partition coefficient (Wildman–Crippen LogP) is 3.64. The van der Waals surface area contributed by atoms with Crippen molar-refractivity contribution in [2.75, 3.05) is 6.61 Å². The normalized spacial score (nSPS) is 18.6. The molecule has 2 aliphatic heterocycles. The van der Waals surface area contributed by atoms with E-state index in [2.05, 4.69) is 30.3 Å². The van der Waals surface area contributed by atoms with Crippen molar-refractivity contribution >= 4 is 23.5 Å². The third-order valence-electron chi connectivity index (χ3n) is 2.09. The zero-order valence-corrected chi connectivity index (χ0v) is 9.03. The van der Waals surface area contributed by atoms with Gasteiger partial charge in [0, 0.05) is 14.7 Å². The van der Waals surface area contributed by atoms with Crippen LogP contribution in [0.4, 0.5) is 0 Å². The summed E-state index contributed by atoms with van der Waals surface area (Å²) in [6.07, 6.45) is 4.01. The molecule has 1 nitrogen and oxygen atoms in total. The van der Waals surface area contributed by atoms with E-state index in [0.29, 0.717) is 6.61 Å². The Morgan fingerprint density at radius 2 is 1.71 bits per heavy atom. The largest absolute Gasteiger partial charge is 0.496 e. The lowest BCUT2D eigenvalue weighted by Crippen LogP contribution is -1.99. The number of fused-ring (bicyclic) bond motifs is 2. The molecule has 0 amide bonds. The fraction of sp³-hybridized carbons (Fsp3) is 0.0909. The Hall–Kier alpha value is -0.800. The number of hydrogen-bond donors (Lipinski definition) is 0. The van der Waals surface area contributed by atoms with Crippen molar-refractivity contribution in [3.8, 4) is 0 Å². The van der Waals surface area contributed by atoms with E-state index in [4.69, 9.17) is 4.74 Å². The molecular weight excluding hydrogens is 212 g/mol. The molecule has 14 heavy (non-hydrogen) atoms. The van der Waals surface area contributed by atoms with Crippen LogP contribution < -0.4 is 0 Å². The molecule has 0 unspecified atom stereocenters. The molecule has 0 spiro atoms. The molecule has 1 aromatic carbocycles. The first-order valence-corrected chi connectivity index (χ1v) is 6.04. The van der Waals surface area contributed by atoms with Crippen LogP contribution >= 0.6 is 23.5 Å². The van der Waals surface area contributed by atoms with Crippen LogP contribution in [0.5, 0.6) is 0 Å². The second-order valence-electron chi connectivity index (χ2n) is 3.03. The van der Waals surface area contributed by atoms with Gasteiger partial charge in [-0.15, -0.1) is 0 Å². The molecule has 70 valence electrons. The van der Waals surface area contributed by atoms with E-state index in [-0.39, 0.29) is 0 Å². The molecular formula is C11H8OS2. The molecule has 2 heterocycles. The van der Waals surface area contributed by atoms with E-state index in [9.17, 15) is 0 Å². The van der Waals surface area contributed by atoms with Gasteiger partial charge in [0.1, 0.15) is 6.61 Å². The molecule has 0 saturated heterocycles. The smallest absolute Gasteiger partial charge is 0.107 e. The Kier molecular flexibility index (Phi) is 2.07. The van der Waals surface area contributed by atoms with Crippen molar-refractivity contribution < 1.29 is 4.74 Å². The molecule has 0 aliphatic carbocycles. The van der Waals surface area contributed by atoms with Crippen LogP contribution in [0.1, 0.15) is 0 Å². The molecule has 0 N–H and O–H groups in total. The van der Waals surface area contributed by atoms with Gasteiger partial charge in [0.2, 0.25) is 0 Å². The Morgan fingerprint density at radius 1 is 1.00 bits per heavy atom. The molecule has 0 saturated carbocycles. The van der Waals surface area contributed by atoms with Crippen LogP contribution in [0.3, 0.4) is 0 Å². The van der Waals surface area contributed by atoms with E-state index in [1.807, 2.05) is 18.0 Å². The van der Waals surface area contributed by atoms with Gasteiger partial charge in [0.25, 0.3) is 0 Å². The van der Waals surface area contributed by atoms with Gasteiger partial charge >= 0.3 is 0 Å². The van der Waals surface area contributed by atoms with Gasteiger partial charge in [-0.05, 0) is 18.2 Å². The topological polar surface area (TPSA) is 9.23 Å². The summed E-state index contributed by atoms with van der Waals surface area (Å²) in [6.45, 7) is 0.703. The lowest BCUT2D eigenvalue weighted by Gasteiger charge is -2.22. The van der Waals surface area contributed by atoms with Gasteiger partial charge in [0.15, 0.2) is 0 Å². The SMILES string of the molecule is C1=C2Sc3ccccc3SC2=COC1. The highest BCUT2D eigenvalue weighted by Gasteiger charge is 2.20. The fourth-order valence-electron chi connectivity index (χ4n) is 1.43. The molecule has 1 aromatic rings. The van der Waals surface area contributed by atoms with E-state index in [1.165, 1.54) is 19.6 Å². The van der Waals surface area contributed by atoms with Gasteiger partial charge in [0.05, 0.1) is 11.2 Å². The minimum atomic E-state index is 0.703. The van der Waals surface area contributed by atoms with Gasteiger partial charge in [-0.25, -0.2) is 0 Å². The van der Waals surface area contributed by atoms with Gasteiger partial charge < -0.3 is 4.74 Å². The van der Waals surface area contributed by atoms with Gasteiger partial charge in [-0.1, -0.05) is 35.7 Å². The molecule has 3 heteroatoms. The van der Waals surface area contributed by atoms with Crippen molar-refractivity contribution in [1.82, 2.24) is 0 Å². The summed E-state index contributed by atoms with van der Waals surface area (Å²) in [5, 5.41) is 0. The number of benzene rings is 1. The summed E-state index contributed by atoms with van der Waals surface area (Å²) >= 11 is 3.62. The summed E-state index contributed by atoms with van der Waals surface area (Å²) in [6, 6.07) is 8.48. The Balaban J connectivity index is 2.07. The van der Waals surface area contributed by atoms with Crippen LogP contribution in [0, 0.1) is 0 Å². The van der Waals surface area contributed by atoms with Gasteiger partial charge in [-0.2, -0.15) is 0 Å². The number of hydrogen-bond acceptors (Lipinski definition) is 3. The quantitative estimate of drug-likeness (QED) is 0.660. The highest BCUT2D eigenvalue weighted by Crippen LogP contribution is 2.50. The fourth-order valence-corrected chi connectivity index (χ4v) is 3.63. The maximum absolute atomic E-state index is 5.28. The summed E-state index contributed by atoms with van der Waals surface area (Å²) < 4.78 is 5.28. The molecule has 0 fully saturated rings. The van der Waals surface area contributed by atoms with Gasteiger partial charge in [-0.3, -0.25) is 0 Å². The Labute approximate surface area is 91.2 Å². The van der Waals surface area contributed by atoms with Crippen molar-refractivity contribution in [2.24, 2.45) is 0 Å². The molecule has 0 aromatic heterocycles. The second kappa shape index (κ2) is 3.41. The molecule has 0 atom stereocenters. The maximum atomic E-state index is 5.28. The van der Waals surface area contributed by atoms with Crippen molar-refractivity contribution in [1.29, 1.82) is 0 Å². The first-order valence-electron chi connectivity index (χ1n) is 4.40. The van der Waals surface area contributed by atoms with Crippen molar-refractivity contribution in [3.63, 3.8) is 0 Å². The standard InChI is InChI=1S/C11H8OS2/c1-2-4-9-8(3-1)13-10-5-6-12-7-11(10)14-9/h1-5,7H,6H2. The minimum absolute atomic E-state index is 0.703. The van der Waals surface area contributed by atoms with Crippen molar-refractivity contribution in [2.45, 2.75) is 9.79 Å². The van der Waals surface area contributed by atoms with E-state index in [1.54, 1.807) is 11.8 Å². The predicted molar refractivity (Wildman–Crippen MR) is 60.3 cm³/mol. The van der Waals surface area contributed by atoms with Crippen LogP contribution in [-0.4, -0.2) is 6.61 Å². The highest BCUT2D eigenvalue weighted by atomic mass is 32.2. The average molecular weight is 220 g/mol. The number of ether oxygens (including phenoxy) is 1. The Bertz CT molecular complexity index is 394. The third kappa shape index (κ3) is 1.37. The van der Waals surface area contributed by atoms with Crippen LogP contribution in [0.15, 0.2) is 56.2 Å². The number of thioether (sulfide) groups is 2. The summed E-state index contributed by atoms with van der Waals surface area (Å²) in [5.74, 6) is 0. The van der Waals surface area contributed by atoms with Crippen LogP contribution in [0.25, 0.3) is 0 Å². The zero-order valence-electron chi connectivity index (χ0n) is 7.40. The second-order valence-corrected chi connectivity index (χ2v) is 5.20. The molecule has 0 bridgehead atoms. The minimum Gasteiger partial charge on any atom is -0.496 e. The van der Waals surface area contributed by atoms with Crippen molar-refractivity contribution in [3.05, 3.63) is 46.4 Å². The average Bonchev–Trinajstić information content (AvgIpc) is 2.26. The van der Waals surface area contributed by atoms with E-state index >= 15 is 0 Å². The number of rotatable bonds is 0. The Morgan fingerprint density at radius 3 is 2.50 bits per heavy atom. The molecule has 0 radical (unpaired) electrons. The molecule has 2 aliphatic rings. The van der Waals surface area contributed by atoms with Crippen LogP contribution in [-0.2, 0) is 4.74 Å². The lowest BCUT2D eigenvalue weighted by atomic mass is 10.4. The first-order chi connectivity index (χ1) is 6.93. The summed E-state index contributed by atoms with van der Waals surface area (Å²) in [4.78, 5) is 5.24. The summed E-state index contributed by atoms with van der Waals surface area (Å²) in [5.41, 5.74) is 0. The first kappa shape index (κ1) is 8.50. The third-order valence-corrected chi connectivity index (χ3v) is 4.64. The van der Waals surface area contributed by atoms with E-state index < -0.39 is 0 Å². The maximum Gasteiger partial charge on any atom is 0.107 e. The summed E-state index contributed by atoms with van der Waals surface area (Å²) in [7, 11) is 0. The van der Waals surface area contributed by atoms with Crippen LogP contribution in [0.2, 0.25) is 0 Å². The molecule has 3 rings (SSSR count). The lowest BCUT2D eigenvalue weighted by molar-refractivity contribution is 0.284. The highest BCUT2D eigenvalue weighted by molar-refractivity contribution is 8.11. The monoisotopic (exact) mass is 220 g/mol. The van der Waals surface area contributed by atoms with E-state index in [0.717, 1.165) is 0 Å².